The highest BCUT2D eigenvalue weighted by molar-refractivity contribution is 7.99. The zero-order valence-corrected chi connectivity index (χ0v) is 15.9. The minimum atomic E-state index is -1.20. The number of hydrogen-bond acceptors (Lipinski definition) is 5. The highest BCUT2D eigenvalue weighted by Gasteiger charge is 2.47. The Hall–Kier alpha value is -2.60. The fourth-order valence-electron chi connectivity index (χ4n) is 3.01. The first kappa shape index (κ1) is 19.2. The van der Waals surface area contributed by atoms with Crippen molar-refractivity contribution in [2.45, 2.75) is 30.9 Å². The third kappa shape index (κ3) is 4.57. The van der Waals surface area contributed by atoms with Crippen LogP contribution in [0, 0.1) is 0 Å². The number of hydrogen-bond donors (Lipinski definition) is 0. The molecule has 1 amide bonds. The molecule has 0 aliphatic carbocycles. The third-order valence-corrected chi connectivity index (χ3v) is 5.41. The molecule has 0 bridgehead atoms. The van der Waals surface area contributed by atoms with Gasteiger partial charge in [0.25, 0.3) is 0 Å². The summed E-state index contributed by atoms with van der Waals surface area (Å²) in [5.41, 5.74) is 1.63. The van der Waals surface area contributed by atoms with Crippen LogP contribution in [-0.2, 0) is 32.1 Å². The number of Topliss-reactive ketones (excluding diaryl/α,β-unsaturated/α-hetero) is 1. The molecule has 2 atom stereocenters. The van der Waals surface area contributed by atoms with E-state index in [0.717, 1.165) is 11.1 Å². The van der Waals surface area contributed by atoms with Gasteiger partial charge in [0.15, 0.2) is 11.8 Å². The highest BCUT2D eigenvalue weighted by atomic mass is 32.2. The van der Waals surface area contributed by atoms with Crippen LogP contribution in [0.3, 0.4) is 0 Å². The van der Waals surface area contributed by atoms with Crippen LogP contribution in [0.5, 0.6) is 0 Å². The second kappa shape index (κ2) is 8.86. The molecule has 27 heavy (non-hydrogen) atoms. The Labute approximate surface area is 162 Å². The number of carbonyl (C=O) groups excluding carboxylic acids is 3. The average molecular weight is 383 g/mol. The molecule has 1 heterocycles. The average Bonchev–Trinajstić information content (AvgIpc) is 2.69. The van der Waals surface area contributed by atoms with Gasteiger partial charge >= 0.3 is 5.97 Å². The summed E-state index contributed by atoms with van der Waals surface area (Å²) < 4.78 is 5.38. The summed E-state index contributed by atoms with van der Waals surface area (Å²) in [4.78, 5) is 39.1. The van der Waals surface area contributed by atoms with Gasteiger partial charge in [-0.05, 0) is 17.4 Å². The van der Waals surface area contributed by atoms with E-state index in [9.17, 15) is 14.4 Å². The first-order valence-electron chi connectivity index (χ1n) is 8.71. The molecule has 1 aliphatic rings. The Morgan fingerprint density at radius 2 is 1.67 bits per heavy atom. The fraction of sp³-hybridized carbons (Fsp3) is 0.286. The van der Waals surface area contributed by atoms with Crippen molar-refractivity contribution in [1.29, 1.82) is 0 Å². The second-order valence-electron chi connectivity index (χ2n) is 6.32. The summed E-state index contributed by atoms with van der Waals surface area (Å²) >= 11 is 1.45. The van der Waals surface area contributed by atoms with Crippen molar-refractivity contribution in [2.24, 2.45) is 0 Å². The zero-order valence-electron chi connectivity index (χ0n) is 15.0. The number of likely N-dealkylation sites (tertiary alicyclic amines) is 1. The van der Waals surface area contributed by atoms with Crippen LogP contribution in [-0.4, -0.2) is 40.2 Å². The summed E-state index contributed by atoms with van der Waals surface area (Å²) in [6, 6.07) is 17.3. The van der Waals surface area contributed by atoms with E-state index >= 15 is 0 Å². The lowest BCUT2D eigenvalue weighted by atomic mass is 9.99. The second-order valence-corrected chi connectivity index (χ2v) is 7.34. The first-order chi connectivity index (χ1) is 13.1. The van der Waals surface area contributed by atoms with E-state index in [1.807, 2.05) is 66.9 Å². The summed E-state index contributed by atoms with van der Waals surface area (Å²) in [7, 11) is 0. The summed E-state index contributed by atoms with van der Waals surface area (Å²) in [5, 5.41) is -0.175. The number of nitrogens with zero attached hydrogens (tertiary/aromatic N) is 1. The van der Waals surface area contributed by atoms with Crippen molar-refractivity contribution in [3.8, 4) is 0 Å². The van der Waals surface area contributed by atoms with Crippen molar-refractivity contribution >= 4 is 29.4 Å². The van der Waals surface area contributed by atoms with Crippen LogP contribution in [0.25, 0.3) is 0 Å². The Kier molecular flexibility index (Phi) is 6.29. The minimum absolute atomic E-state index is 0.0702. The molecule has 0 spiro atoms. The molecule has 0 radical (unpaired) electrons. The molecule has 2 aromatic rings. The summed E-state index contributed by atoms with van der Waals surface area (Å²) in [6.45, 7) is 0.0702. The third-order valence-electron chi connectivity index (χ3n) is 4.47. The molecule has 0 saturated carbocycles. The monoisotopic (exact) mass is 383 g/mol. The van der Waals surface area contributed by atoms with E-state index in [1.54, 1.807) is 0 Å². The quantitative estimate of drug-likeness (QED) is 0.398. The number of ketones is 1. The van der Waals surface area contributed by atoms with Crippen molar-refractivity contribution in [3.05, 3.63) is 71.8 Å². The number of rotatable bonds is 8. The maximum absolute atomic E-state index is 12.9. The summed E-state index contributed by atoms with van der Waals surface area (Å²) in [5.74, 6) is -1.20. The summed E-state index contributed by atoms with van der Waals surface area (Å²) in [6.07, 6.45) is 2.28. The van der Waals surface area contributed by atoms with Crippen LogP contribution in [0.4, 0.5) is 0 Å². The van der Waals surface area contributed by atoms with Crippen molar-refractivity contribution in [3.63, 3.8) is 0 Å². The molecule has 0 aromatic heterocycles. The van der Waals surface area contributed by atoms with Crippen LogP contribution in [0.2, 0.25) is 0 Å². The minimum Gasteiger partial charge on any atom is -0.459 e. The molecule has 2 unspecified atom stereocenters. The Bertz CT molecular complexity index is 809. The van der Waals surface area contributed by atoms with Crippen LogP contribution in [0.15, 0.2) is 60.7 Å². The maximum atomic E-state index is 12.9. The number of benzene rings is 2. The van der Waals surface area contributed by atoms with Gasteiger partial charge in [0.2, 0.25) is 5.91 Å². The molecule has 0 N–H and O–H groups in total. The number of amides is 1. The van der Waals surface area contributed by atoms with Gasteiger partial charge in [-0.15, -0.1) is 11.8 Å². The molecule has 140 valence electrons. The lowest BCUT2D eigenvalue weighted by molar-refractivity contribution is -0.165. The molecule has 3 rings (SSSR count). The zero-order chi connectivity index (χ0) is 19.2. The van der Waals surface area contributed by atoms with Gasteiger partial charge in [-0.3, -0.25) is 9.59 Å². The van der Waals surface area contributed by atoms with Crippen LogP contribution >= 0.6 is 11.8 Å². The van der Waals surface area contributed by atoms with E-state index in [2.05, 4.69) is 0 Å². The molecule has 6 heteroatoms. The number of carbonyl (C=O) groups is 3. The van der Waals surface area contributed by atoms with E-state index in [4.69, 9.17) is 4.74 Å². The SMILES string of the molecule is CSC1CC(=O)N1C(C(=O)Cc1ccccc1)C(=O)OCc1ccccc1. The van der Waals surface area contributed by atoms with Crippen molar-refractivity contribution < 1.29 is 19.1 Å². The van der Waals surface area contributed by atoms with Gasteiger partial charge in [-0.2, -0.15) is 0 Å². The number of β-lactam (4-membered cyclic amide) rings is 1. The molecule has 1 fully saturated rings. The number of esters is 1. The van der Waals surface area contributed by atoms with Gasteiger partial charge in [-0.1, -0.05) is 60.7 Å². The standard InChI is InChI=1S/C21H21NO4S/c1-27-19-13-18(24)22(19)20(17(23)12-15-8-4-2-5-9-15)21(25)26-14-16-10-6-3-7-11-16/h2-11,19-20H,12-14H2,1H3. The van der Waals surface area contributed by atoms with Crippen LogP contribution in [0.1, 0.15) is 17.5 Å². The lowest BCUT2D eigenvalue weighted by Crippen LogP contribution is -2.61. The van der Waals surface area contributed by atoms with Crippen molar-refractivity contribution in [2.75, 3.05) is 6.26 Å². The van der Waals surface area contributed by atoms with Gasteiger partial charge in [0.1, 0.15) is 6.61 Å². The smallest absolute Gasteiger partial charge is 0.337 e. The molecular weight excluding hydrogens is 362 g/mol. The molecule has 1 saturated heterocycles. The van der Waals surface area contributed by atoms with E-state index < -0.39 is 12.0 Å². The van der Waals surface area contributed by atoms with Gasteiger partial charge in [0, 0.05) is 6.42 Å². The Morgan fingerprint density at radius 1 is 1.07 bits per heavy atom. The fourth-order valence-corrected chi connectivity index (χ4v) is 3.79. The van der Waals surface area contributed by atoms with E-state index in [-0.39, 0.29) is 30.1 Å². The molecule has 5 nitrogen and oxygen atoms in total. The lowest BCUT2D eigenvalue weighted by Gasteiger charge is -2.42. The largest absolute Gasteiger partial charge is 0.459 e. The van der Waals surface area contributed by atoms with Crippen molar-refractivity contribution in [1.82, 2.24) is 4.90 Å². The van der Waals surface area contributed by atoms with Gasteiger partial charge < -0.3 is 9.64 Å². The number of ether oxygens (including phenoxy) is 1. The molecule has 2 aromatic carbocycles. The van der Waals surface area contributed by atoms with Gasteiger partial charge in [0.05, 0.1) is 11.8 Å². The Morgan fingerprint density at radius 3 is 2.22 bits per heavy atom. The van der Waals surface area contributed by atoms with E-state index in [0.29, 0.717) is 6.42 Å². The van der Waals surface area contributed by atoms with Crippen LogP contribution < -0.4 is 0 Å². The molecular formula is C21H21NO4S. The topological polar surface area (TPSA) is 63.7 Å². The first-order valence-corrected chi connectivity index (χ1v) is 10.00. The predicted molar refractivity (Wildman–Crippen MR) is 104 cm³/mol. The maximum Gasteiger partial charge on any atom is 0.337 e. The Balaban J connectivity index is 1.75. The van der Waals surface area contributed by atoms with Gasteiger partial charge in [-0.25, -0.2) is 4.79 Å². The predicted octanol–water partition coefficient (Wildman–Crippen LogP) is 2.83. The number of thioether (sulfide) groups is 1. The molecule has 1 aliphatic heterocycles. The highest BCUT2D eigenvalue weighted by Crippen LogP contribution is 2.31. The van der Waals surface area contributed by atoms with E-state index in [1.165, 1.54) is 16.7 Å². The normalized spacial score (nSPS) is 17.1.